The van der Waals surface area contributed by atoms with Crippen molar-refractivity contribution in [1.82, 2.24) is 10.2 Å². The van der Waals surface area contributed by atoms with Crippen molar-refractivity contribution in [1.29, 1.82) is 0 Å². The van der Waals surface area contributed by atoms with Crippen LogP contribution in [0.4, 0.5) is 0 Å². The van der Waals surface area contributed by atoms with Crippen LogP contribution in [-0.4, -0.2) is 41.5 Å². The first-order chi connectivity index (χ1) is 11.6. The van der Waals surface area contributed by atoms with Gasteiger partial charge < -0.3 is 10.2 Å². The van der Waals surface area contributed by atoms with Gasteiger partial charge in [0.2, 0.25) is 0 Å². The van der Waals surface area contributed by atoms with Gasteiger partial charge in [-0.3, -0.25) is 4.21 Å². The second kappa shape index (κ2) is 12.0. The van der Waals surface area contributed by atoms with E-state index < -0.39 is 10.8 Å². The van der Waals surface area contributed by atoms with Gasteiger partial charge >= 0.3 is 0 Å². The Hall–Kier alpha value is -1.41. The Bertz CT molecular complexity index is 663. The molecule has 2 aromatic carbocycles. The molecule has 0 amide bonds. The highest BCUT2D eigenvalue weighted by atomic mass is 127. The number of hydrogen-bond donors (Lipinski definition) is 1. The monoisotopic (exact) mass is 471 g/mol. The molecule has 0 aliphatic heterocycles. The van der Waals surface area contributed by atoms with Crippen molar-refractivity contribution in [2.75, 3.05) is 26.4 Å². The largest absolute Gasteiger partial charge is 0.355 e. The Morgan fingerprint density at radius 1 is 1.00 bits per heavy atom. The minimum atomic E-state index is -0.877. The zero-order chi connectivity index (χ0) is 17.2. The van der Waals surface area contributed by atoms with Crippen molar-refractivity contribution in [2.45, 2.75) is 12.3 Å². The van der Waals surface area contributed by atoms with Crippen LogP contribution in [0.3, 0.4) is 0 Å². The van der Waals surface area contributed by atoms with E-state index in [9.17, 15) is 4.21 Å². The quantitative estimate of drug-likeness (QED) is 0.383. The highest BCUT2D eigenvalue weighted by Crippen LogP contribution is 2.03. The van der Waals surface area contributed by atoms with Crippen molar-refractivity contribution in [3.05, 3.63) is 71.8 Å². The van der Waals surface area contributed by atoms with Crippen LogP contribution in [0.5, 0.6) is 0 Å². The second-order valence-electron chi connectivity index (χ2n) is 5.72. The van der Waals surface area contributed by atoms with Gasteiger partial charge in [-0.1, -0.05) is 60.7 Å². The molecule has 2 rings (SSSR count). The van der Waals surface area contributed by atoms with Crippen LogP contribution in [0.1, 0.15) is 11.1 Å². The first-order valence-electron chi connectivity index (χ1n) is 8.03. The maximum Gasteiger partial charge on any atom is 0.193 e. The van der Waals surface area contributed by atoms with Crippen LogP contribution < -0.4 is 5.32 Å². The zero-order valence-electron chi connectivity index (χ0n) is 14.7. The Morgan fingerprint density at radius 2 is 1.56 bits per heavy atom. The number of benzene rings is 2. The number of rotatable bonds is 7. The third kappa shape index (κ3) is 8.49. The molecule has 0 saturated heterocycles. The van der Waals surface area contributed by atoms with E-state index >= 15 is 0 Å². The first kappa shape index (κ1) is 21.6. The van der Waals surface area contributed by atoms with E-state index in [1.807, 2.05) is 67.5 Å². The van der Waals surface area contributed by atoms with Gasteiger partial charge in [-0.05, 0) is 11.1 Å². The Morgan fingerprint density at radius 3 is 2.12 bits per heavy atom. The third-order valence-electron chi connectivity index (χ3n) is 3.46. The maximum absolute atomic E-state index is 12.2. The lowest BCUT2D eigenvalue weighted by molar-refractivity contribution is 0.583. The Labute approximate surface area is 170 Å². The molecule has 6 heteroatoms. The Balaban J connectivity index is 0.00000312. The highest BCUT2D eigenvalue weighted by Gasteiger charge is 2.05. The van der Waals surface area contributed by atoms with Crippen molar-refractivity contribution in [3.8, 4) is 0 Å². The van der Waals surface area contributed by atoms with Crippen LogP contribution in [0.15, 0.2) is 65.7 Å². The minimum absolute atomic E-state index is 0. The molecule has 4 nitrogen and oxygen atoms in total. The summed E-state index contributed by atoms with van der Waals surface area (Å²) in [5.74, 6) is 2.02. The molecule has 136 valence electrons. The summed E-state index contributed by atoms with van der Waals surface area (Å²) in [5.41, 5.74) is 2.28. The average molecular weight is 471 g/mol. The fourth-order valence-corrected chi connectivity index (χ4v) is 3.25. The molecular formula is C19H26IN3OS. The summed E-state index contributed by atoms with van der Waals surface area (Å²) in [7, 11) is 3.04. The molecule has 0 fully saturated rings. The lowest BCUT2D eigenvalue weighted by Crippen LogP contribution is -2.38. The molecule has 0 saturated carbocycles. The summed E-state index contributed by atoms with van der Waals surface area (Å²) in [6.07, 6.45) is 0. The number of halogens is 1. The molecule has 1 atom stereocenters. The molecule has 25 heavy (non-hydrogen) atoms. The molecule has 0 aliphatic carbocycles. The Kier molecular flexibility index (Phi) is 10.4. The van der Waals surface area contributed by atoms with Crippen molar-refractivity contribution in [3.63, 3.8) is 0 Å². The highest BCUT2D eigenvalue weighted by molar-refractivity contribution is 14.0. The van der Waals surface area contributed by atoms with Crippen LogP contribution in [0.25, 0.3) is 0 Å². The zero-order valence-corrected chi connectivity index (χ0v) is 17.9. The molecule has 2 aromatic rings. The normalized spacial score (nSPS) is 12.2. The van der Waals surface area contributed by atoms with Gasteiger partial charge in [0.05, 0.1) is 6.54 Å². The van der Waals surface area contributed by atoms with Crippen molar-refractivity contribution in [2.24, 2.45) is 4.99 Å². The van der Waals surface area contributed by atoms with Crippen molar-refractivity contribution >= 4 is 40.7 Å². The van der Waals surface area contributed by atoms with Gasteiger partial charge in [-0.2, -0.15) is 0 Å². The molecule has 0 heterocycles. The number of guanidine groups is 1. The summed E-state index contributed by atoms with van der Waals surface area (Å²) >= 11 is 0. The van der Waals surface area contributed by atoms with Gasteiger partial charge in [-0.15, -0.1) is 24.0 Å². The third-order valence-corrected chi connectivity index (χ3v) is 4.78. The summed E-state index contributed by atoms with van der Waals surface area (Å²) in [6.45, 7) is 1.28. The van der Waals surface area contributed by atoms with Crippen LogP contribution in [0, 0.1) is 0 Å². The summed E-state index contributed by atoms with van der Waals surface area (Å²) < 4.78 is 12.2. The summed E-state index contributed by atoms with van der Waals surface area (Å²) in [4.78, 5) is 6.55. The molecule has 0 radical (unpaired) electrons. The van der Waals surface area contributed by atoms with E-state index in [0.717, 1.165) is 11.5 Å². The molecule has 0 aliphatic rings. The maximum atomic E-state index is 12.2. The van der Waals surface area contributed by atoms with Crippen LogP contribution in [0.2, 0.25) is 0 Å². The van der Waals surface area contributed by atoms with E-state index in [-0.39, 0.29) is 24.0 Å². The molecule has 1 N–H and O–H groups in total. The van der Waals surface area contributed by atoms with Gasteiger partial charge in [0.25, 0.3) is 0 Å². The van der Waals surface area contributed by atoms with Gasteiger partial charge in [0, 0.05) is 42.9 Å². The lowest BCUT2D eigenvalue weighted by Gasteiger charge is -2.17. The fraction of sp³-hybridized carbons (Fsp3) is 0.316. The second-order valence-corrected chi connectivity index (χ2v) is 7.30. The summed E-state index contributed by atoms with van der Waals surface area (Å²) in [6, 6.07) is 20.1. The predicted molar refractivity (Wildman–Crippen MR) is 118 cm³/mol. The van der Waals surface area contributed by atoms with E-state index in [1.165, 1.54) is 5.56 Å². The van der Waals surface area contributed by atoms with Gasteiger partial charge in [-0.25, -0.2) is 4.99 Å². The number of nitrogens with one attached hydrogen (secondary N) is 1. The standard InChI is InChI=1S/C19H25N3OS.HI/c1-22(2)19(21-15-17-9-5-3-6-10-17)20-13-14-24(23)16-18-11-7-4-8-12-18;/h3-12H,13-16H2,1-2H3,(H,20,21);1H. The van der Waals surface area contributed by atoms with E-state index in [1.54, 1.807) is 0 Å². The van der Waals surface area contributed by atoms with Gasteiger partial charge in [0.1, 0.15) is 0 Å². The van der Waals surface area contributed by atoms with E-state index in [0.29, 0.717) is 24.6 Å². The fourth-order valence-electron chi connectivity index (χ4n) is 2.21. The SMILES string of the molecule is CN(C)C(=NCc1ccccc1)NCCS(=O)Cc1ccccc1.I. The first-order valence-corrected chi connectivity index (χ1v) is 9.52. The van der Waals surface area contributed by atoms with Crippen LogP contribution in [-0.2, 0) is 23.1 Å². The molecule has 1 unspecified atom stereocenters. The number of nitrogens with zero attached hydrogens (tertiary/aromatic N) is 2. The smallest absolute Gasteiger partial charge is 0.193 e. The topological polar surface area (TPSA) is 44.7 Å². The number of hydrogen-bond acceptors (Lipinski definition) is 2. The predicted octanol–water partition coefficient (Wildman–Crippen LogP) is 3.26. The van der Waals surface area contributed by atoms with Gasteiger partial charge in [0.15, 0.2) is 5.96 Å². The van der Waals surface area contributed by atoms with E-state index in [2.05, 4.69) is 22.4 Å². The van der Waals surface area contributed by atoms with Crippen LogP contribution >= 0.6 is 24.0 Å². The molecule has 0 bridgehead atoms. The lowest BCUT2D eigenvalue weighted by atomic mass is 10.2. The minimum Gasteiger partial charge on any atom is -0.355 e. The molecule has 0 aromatic heterocycles. The summed E-state index contributed by atoms with van der Waals surface area (Å²) in [5, 5.41) is 3.29. The van der Waals surface area contributed by atoms with E-state index in [4.69, 9.17) is 0 Å². The molecule has 0 spiro atoms. The number of aliphatic imine (C=N–C) groups is 1. The van der Waals surface area contributed by atoms with Crippen molar-refractivity contribution < 1.29 is 4.21 Å². The molecular weight excluding hydrogens is 445 g/mol. The average Bonchev–Trinajstić information content (AvgIpc) is 2.59.